The molecule has 0 N–H and O–H groups in total. The second-order valence-corrected chi connectivity index (χ2v) is 3.54. The van der Waals surface area contributed by atoms with Crippen LogP contribution in [0.3, 0.4) is 0 Å². The van der Waals surface area contributed by atoms with E-state index < -0.39 is 0 Å². The van der Waals surface area contributed by atoms with Crippen LogP contribution in [-0.2, 0) is 0 Å². The van der Waals surface area contributed by atoms with Crippen molar-refractivity contribution in [3.8, 4) is 17.0 Å². The molecule has 0 spiro atoms. The zero-order valence-corrected chi connectivity index (χ0v) is 9.20. The van der Waals surface area contributed by atoms with E-state index in [-0.39, 0.29) is 5.82 Å². The van der Waals surface area contributed by atoms with Gasteiger partial charge in [0.2, 0.25) is 0 Å². The van der Waals surface area contributed by atoms with Gasteiger partial charge in [-0.15, -0.1) is 0 Å². The normalized spacial score (nSPS) is 10.2. The summed E-state index contributed by atoms with van der Waals surface area (Å²) in [6.45, 7) is 1.95. The number of hydrogen-bond donors (Lipinski definition) is 0. The molecule has 1 aromatic heterocycles. The molecule has 1 aromatic carbocycles. The molecule has 0 bridgehead atoms. The van der Waals surface area contributed by atoms with Gasteiger partial charge >= 0.3 is 0 Å². The van der Waals surface area contributed by atoms with Crippen LogP contribution in [0.2, 0.25) is 0 Å². The predicted octanol–water partition coefficient (Wildman–Crippen LogP) is 3.20. The molecule has 0 amide bonds. The Morgan fingerprint density at radius 3 is 2.62 bits per heavy atom. The van der Waals surface area contributed by atoms with Crippen molar-refractivity contribution in [1.82, 2.24) is 4.98 Å². The largest absolute Gasteiger partial charge is 0.497 e. The van der Waals surface area contributed by atoms with Gasteiger partial charge in [-0.05, 0) is 36.8 Å². The van der Waals surface area contributed by atoms with Crippen molar-refractivity contribution in [2.75, 3.05) is 7.11 Å². The van der Waals surface area contributed by atoms with Gasteiger partial charge in [-0.1, -0.05) is 0 Å². The monoisotopic (exact) mass is 217 g/mol. The van der Waals surface area contributed by atoms with Gasteiger partial charge < -0.3 is 4.74 Å². The SMILES string of the molecule is COc1ccc(-c2cc(F)ccn2)c(C)c1. The summed E-state index contributed by atoms with van der Waals surface area (Å²) >= 11 is 0. The molecule has 0 aliphatic rings. The highest BCUT2D eigenvalue weighted by Gasteiger charge is 2.05. The molecule has 2 nitrogen and oxygen atoms in total. The standard InChI is InChI=1S/C13H12FNO/c1-9-7-11(16-2)3-4-12(9)13-8-10(14)5-6-15-13/h3-8H,1-2H3. The lowest BCUT2D eigenvalue weighted by molar-refractivity contribution is 0.414. The Balaban J connectivity index is 2.48. The first kappa shape index (κ1) is 10.6. The first-order chi connectivity index (χ1) is 7.70. The van der Waals surface area contributed by atoms with Crippen molar-refractivity contribution >= 4 is 0 Å². The van der Waals surface area contributed by atoms with Crippen LogP contribution in [0.1, 0.15) is 5.56 Å². The highest BCUT2D eigenvalue weighted by Crippen LogP contribution is 2.25. The zero-order chi connectivity index (χ0) is 11.5. The summed E-state index contributed by atoms with van der Waals surface area (Å²) in [7, 11) is 1.62. The smallest absolute Gasteiger partial charge is 0.126 e. The Morgan fingerprint density at radius 2 is 2.00 bits per heavy atom. The second kappa shape index (κ2) is 4.31. The molecule has 2 rings (SSSR count). The molecule has 1 heterocycles. The maximum absolute atomic E-state index is 13.1. The highest BCUT2D eigenvalue weighted by atomic mass is 19.1. The number of benzene rings is 1. The van der Waals surface area contributed by atoms with Gasteiger partial charge in [0.1, 0.15) is 11.6 Å². The van der Waals surface area contributed by atoms with Crippen LogP contribution in [-0.4, -0.2) is 12.1 Å². The fourth-order valence-electron chi connectivity index (χ4n) is 1.60. The van der Waals surface area contributed by atoms with Crippen molar-refractivity contribution < 1.29 is 9.13 Å². The molecule has 0 saturated carbocycles. The third-order valence-electron chi connectivity index (χ3n) is 2.43. The summed E-state index contributed by atoms with van der Waals surface area (Å²) in [5.74, 6) is 0.512. The van der Waals surface area contributed by atoms with Crippen LogP contribution in [0.5, 0.6) is 5.75 Å². The Morgan fingerprint density at radius 1 is 1.19 bits per heavy atom. The lowest BCUT2D eigenvalue weighted by Gasteiger charge is -2.07. The first-order valence-corrected chi connectivity index (χ1v) is 4.97. The van der Waals surface area contributed by atoms with Gasteiger partial charge in [0, 0.05) is 17.8 Å². The number of pyridine rings is 1. The van der Waals surface area contributed by atoms with E-state index in [4.69, 9.17) is 4.74 Å². The molecule has 0 fully saturated rings. The van der Waals surface area contributed by atoms with Gasteiger partial charge in [0.05, 0.1) is 12.8 Å². The van der Waals surface area contributed by atoms with Crippen molar-refractivity contribution in [2.45, 2.75) is 6.92 Å². The van der Waals surface area contributed by atoms with Crippen LogP contribution in [0.15, 0.2) is 36.5 Å². The molecule has 0 atom stereocenters. The average Bonchev–Trinajstić information content (AvgIpc) is 2.28. The van der Waals surface area contributed by atoms with Gasteiger partial charge in [0.25, 0.3) is 0 Å². The molecule has 0 aliphatic heterocycles. The Labute approximate surface area is 93.7 Å². The van der Waals surface area contributed by atoms with Crippen LogP contribution in [0.25, 0.3) is 11.3 Å². The summed E-state index contributed by atoms with van der Waals surface area (Å²) in [4.78, 5) is 4.15. The Kier molecular flexibility index (Phi) is 2.86. The fourth-order valence-corrected chi connectivity index (χ4v) is 1.60. The maximum atomic E-state index is 13.1. The lowest BCUT2D eigenvalue weighted by atomic mass is 10.0. The summed E-state index contributed by atoms with van der Waals surface area (Å²) in [6.07, 6.45) is 1.47. The van der Waals surface area contributed by atoms with Crippen LogP contribution in [0, 0.1) is 12.7 Å². The lowest BCUT2D eigenvalue weighted by Crippen LogP contribution is -1.90. The van der Waals surface area contributed by atoms with E-state index in [1.807, 2.05) is 25.1 Å². The van der Waals surface area contributed by atoms with Gasteiger partial charge in [-0.2, -0.15) is 0 Å². The molecule has 16 heavy (non-hydrogen) atoms. The number of rotatable bonds is 2. The van der Waals surface area contributed by atoms with E-state index in [0.29, 0.717) is 5.69 Å². The average molecular weight is 217 g/mol. The number of methoxy groups -OCH3 is 1. The van der Waals surface area contributed by atoms with E-state index >= 15 is 0 Å². The maximum Gasteiger partial charge on any atom is 0.126 e. The number of ether oxygens (including phenoxy) is 1. The molecule has 3 heteroatoms. The number of halogens is 1. The van der Waals surface area contributed by atoms with E-state index in [0.717, 1.165) is 16.9 Å². The van der Waals surface area contributed by atoms with Gasteiger partial charge in [-0.25, -0.2) is 4.39 Å². The summed E-state index contributed by atoms with van der Waals surface area (Å²) in [6, 6.07) is 8.39. The minimum Gasteiger partial charge on any atom is -0.497 e. The van der Waals surface area contributed by atoms with E-state index in [2.05, 4.69) is 4.98 Å². The van der Waals surface area contributed by atoms with Crippen LogP contribution in [0.4, 0.5) is 4.39 Å². The molecule has 0 unspecified atom stereocenters. The fraction of sp³-hybridized carbons (Fsp3) is 0.154. The molecule has 2 aromatic rings. The second-order valence-electron chi connectivity index (χ2n) is 3.54. The van der Waals surface area contributed by atoms with Crippen LogP contribution >= 0.6 is 0 Å². The van der Waals surface area contributed by atoms with E-state index in [9.17, 15) is 4.39 Å². The first-order valence-electron chi connectivity index (χ1n) is 4.97. The predicted molar refractivity (Wildman–Crippen MR) is 60.9 cm³/mol. The Hall–Kier alpha value is -1.90. The number of aromatic nitrogens is 1. The highest BCUT2D eigenvalue weighted by molar-refractivity contribution is 5.64. The molecular formula is C13H12FNO. The Bertz CT molecular complexity index is 511. The summed E-state index contributed by atoms with van der Waals surface area (Å²) < 4.78 is 18.2. The van der Waals surface area contributed by atoms with Crippen molar-refractivity contribution in [3.63, 3.8) is 0 Å². The summed E-state index contributed by atoms with van der Waals surface area (Å²) in [5.41, 5.74) is 2.57. The molecule has 0 aliphatic carbocycles. The van der Waals surface area contributed by atoms with Crippen molar-refractivity contribution in [1.29, 1.82) is 0 Å². The topological polar surface area (TPSA) is 22.1 Å². The van der Waals surface area contributed by atoms with Crippen molar-refractivity contribution in [3.05, 3.63) is 47.9 Å². The minimum atomic E-state index is -0.278. The third-order valence-corrected chi connectivity index (χ3v) is 2.43. The van der Waals surface area contributed by atoms with E-state index in [1.165, 1.54) is 18.3 Å². The van der Waals surface area contributed by atoms with Crippen molar-refractivity contribution in [2.24, 2.45) is 0 Å². The number of hydrogen-bond acceptors (Lipinski definition) is 2. The molecule has 0 radical (unpaired) electrons. The summed E-state index contributed by atoms with van der Waals surface area (Å²) in [5, 5.41) is 0. The van der Waals surface area contributed by atoms with Gasteiger partial charge in [-0.3, -0.25) is 4.98 Å². The van der Waals surface area contributed by atoms with Gasteiger partial charge in [0.15, 0.2) is 0 Å². The minimum absolute atomic E-state index is 0.278. The van der Waals surface area contributed by atoms with Crippen LogP contribution < -0.4 is 4.74 Å². The van der Waals surface area contributed by atoms with E-state index in [1.54, 1.807) is 7.11 Å². The quantitative estimate of drug-likeness (QED) is 0.770. The zero-order valence-electron chi connectivity index (χ0n) is 9.20. The third kappa shape index (κ3) is 2.03. The number of aryl methyl sites for hydroxylation is 1. The molecule has 0 saturated heterocycles. The molecular weight excluding hydrogens is 205 g/mol. The number of nitrogens with zero attached hydrogens (tertiary/aromatic N) is 1. The molecule has 82 valence electrons.